The first-order valence-electron chi connectivity index (χ1n) is 9.32. The molecule has 0 saturated carbocycles. The molecule has 28 heavy (non-hydrogen) atoms. The van der Waals surface area contributed by atoms with Crippen LogP contribution in [-0.2, 0) is 12.8 Å². The predicted octanol–water partition coefficient (Wildman–Crippen LogP) is 3.51. The van der Waals surface area contributed by atoms with Gasteiger partial charge >= 0.3 is 0 Å². The third-order valence-electron chi connectivity index (χ3n) is 4.77. The third-order valence-corrected chi connectivity index (χ3v) is 4.77. The van der Waals surface area contributed by atoms with Crippen molar-refractivity contribution < 1.29 is 9.47 Å². The van der Waals surface area contributed by atoms with E-state index in [0.717, 1.165) is 64.8 Å². The normalized spacial score (nSPS) is 11.1. The van der Waals surface area contributed by atoms with Crippen LogP contribution in [0.25, 0.3) is 16.6 Å². The van der Waals surface area contributed by atoms with Crippen LogP contribution in [0.15, 0.2) is 42.5 Å². The van der Waals surface area contributed by atoms with Crippen molar-refractivity contribution in [3.05, 3.63) is 53.9 Å². The Kier molecular flexibility index (Phi) is 4.97. The number of hydrogen-bond acceptors (Lipinski definition) is 6. The molecule has 0 bridgehead atoms. The number of anilines is 1. The fraction of sp³-hybridized carbons (Fsp3) is 0.286. The number of nitrogens with zero attached hydrogens (tertiary/aromatic N) is 4. The fourth-order valence-corrected chi connectivity index (χ4v) is 3.34. The second kappa shape index (κ2) is 7.72. The highest BCUT2D eigenvalue weighted by Gasteiger charge is 2.13. The third kappa shape index (κ3) is 3.19. The summed E-state index contributed by atoms with van der Waals surface area (Å²) in [5.41, 5.74) is 2.89. The number of nitrogens with one attached hydrogen (secondary N) is 1. The summed E-state index contributed by atoms with van der Waals surface area (Å²) in [5.74, 6) is 3.12. The first-order chi connectivity index (χ1) is 13.7. The molecular weight excluding hydrogens is 354 g/mol. The number of aromatic nitrogens is 4. The van der Waals surface area contributed by atoms with E-state index in [1.165, 1.54) is 0 Å². The van der Waals surface area contributed by atoms with E-state index in [9.17, 15) is 0 Å². The molecule has 0 fully saturated rings. The minimum absolute atomic E-state index is 0.720. The predicted molar refractivity (Wildman–Crippen MR) is 109 cm³/mol. The Hall–Kier alpha value is -3.35. The van der Waals surface area contributed by atoms with Crippen molar-refractivity contribution in [1.29, 1.82) is 0 Å². The van der Waals surface area contributed by atoms with Crippen molar-refractivity contribution in [2.45, 2.75) is 19.8 Å². The van der Waals surface area contributed by atoms with E-state index in [2.05, 4.69) is 22.4 Å². The van der Waals surface area contributed by atoms with Gasteiger partial charge < -0.3 is 14.8 Å². The summed E-state index contributed by atoms with van der Waals surface area (Å²) in [5, 5.41) is 13.2. The van der Waals surface area contributed by atoms with Gasteiger partial charge in [-0.15, -0.1) is 10.2 Å². The Morgan fingerprint density at radius 1 is 1.00 bits per heavy atom. The molecule has 0 aliphatic carbocycles. The Labute approximate surface area is 163 Å². The van der Waals surface area contributed by atoms with E-state index in [1.54, 1.807) is 14.2 Å². The van der Waals surface area contributed by atoms with Crippen molar-refractivity contribution in [2.24, 2.45) is 0 Å². The Morgan fingerprint density at radius 2 is 1.82 bits per heavy atom. The SMILES string of the molecule is CCc1nnc2c3ccccc3nc(NCCc3ccc(OC)c(OC)c3)n12. The fourth-order valence-electron chi connectivity index (χ4n) is 3.34. The van der Waals surface area contributed by atoms with E-state index in [1.807, 2.05) is 46.9 Å². The lowest BCUT2D eigenvalue weighted by atomic mass is 10.1. The van der Waals surface area contributed by atoms with Crippen LogP contribution in [0.1, 0.15) is 18.3 Å². The second-order valence-corrected chi connectivity index (χ2v) is 6.45. The van der Waals surface area contributed by atoms with Gasteiger partial charge in [-0.1, -0.05) is 25.1 Å². The van der Waals surface area contributed by atoms with E-state index in [-0.39, 0.29) is 0 Å². The molecule has 7 heteroatoms. The Bertz CT molecular complexity index is 1120. The van der Waals surface area contributed by atoms with E-state index < -0.39 is 0 Å². The van der Waals surface area contributed by atoms with Gasteiger partial charge in [0.05, 0.1) is 19.7 Å². The number of hydrogen-bond donors (Lipinski definition) is 1. The zero-order valence-electron chi connectivity index (χ0n) is 16.3. The monoisotopic (exact) mass is 377 g/mol. The molecule has 0 amide bonds. The molecule has 0 atom stereocenters. The second-order valence-electron chi connectivity index (χ2n) is 6.45. The zero-order chi connectivity index (χ0) is 19.5. The van der Waals surface area contributed by atoms with Crippen LogP contribution in [0.4, 0.5) is 5.95 Å². The van der Waals surface area contributed by atoms with Crippen LogP contribution in [0.5, 0.6) is 11.5 Å². The molecule has 0 spiro atoms. The van der Waals surface area contributed by atoms with Crippen LogP contribution in [0, 0.1) is 0 Å². The lowest BCUT2D eigenvalue weighted by Crippen LogP contribution is -2.12. The van der Waals surface area contributed by atoms with Crippen molar-refractivity contribution in [2.75, 3.05) is 26.1 Å². The smallest absolute Gasteiger partial charge is 0.210 e. The number of aryl methyl sites for hydroxylation is 1. The largest absolute Gasteiger partial charge is 0.493 e. The molecule has 0 unspecified atom stereocenters. The molecule has 4 rings (SSSR count). The quantitative estimate of drug-likeness (QED) is 0.531. The van der Waals surface area contributed by atoms with Crippen LogP contribution in [0.2, 0.25) is 0 Å². The molecule has 2 aromatic heterocycles. The van der Waals surface area contributed by atoms with Crippen LogP contribution in [-0.4, -0.2) is 40.3 Å². The van der Waals surface area contributed by atoms with Gasteiger partial charge in [0.25, 0.3) is 0 Å². The molecule has 4 aromatic rings. The summed E-state index contributed by atoms with van der Waals surface area (Å²) in [7, 11) is 3.29. The summed E-state index contributed by atoms with van der Waals surface area (Å²) >= 11 is 0. The molecule has 0 aliphatic rings. The number of para-hydroxylation sites is 1. The first-order valence-corrected chi connectivity index (χ1v) is 9.32. The molecule has 0 aliphatic heterocycles. The van der Waals surface area contributed by atoms with E-state index >= 15 is 0 Å². The lowest BCUT2D eigenvalue weighted by Gasteiger charge is -2.12. The number of benzene rings is 2. The standard InChI is InChI=1S/C21H23N5O2/c1-4-19-24-25-20-15-7-5-6-8-16(15)23-21(26(19)20)22-12-11-14-9-10-17(27-2)18(13-14)28-3/h5-10,13H,4,11-12H2,1-3H3,(H,22,23). The summed E-state index contributed by atoms with van der Waals surface area (Å²) in [6, 6.07) is 14.0. The summed E-state index contributed by atoms with van der Waals surface area (Å²) in [6.07, 6.45) is 1.60. The van der Waals surface area contributed by atoms with Crippen molar-refractivity contribution >= 4 is 22.5 Å². The molecular formula is C21H23N5O2. The maximum Gasteiger partial charge on any atom is 0.210 e. The topological polar surface area (TPSA) is 73.6 Å². The molecule has 144 valence electrons. The van der Waals surface area contributed by atoms with Gasteiger partial charge in [-0.05, 0) is 36.2 Å². The summed E-state index contributed by atoms with van der Waals surface area (Å²) < 4.78 is 12.7. The van der Waals surface area contributed by atoms with Gasteiger partial charge in [-0.25, -0.2) is 9.38 Å². The number of rotatable bonds is 7. The van der Waals surface area contributed by atoms with Gasteiger partial charge in [-0.3, -0.25) is 0 Å². The van der Waals surface area contributed by atoms with Crippen molar-refractivity contribution in [3.63, 3.8) is 0 Å². The number of fused-ring (bicyclic) bond motifs is 3. The summed E-state index contributed by atoms with van der Waals surface area (Å²) in [6.45, 7) is 2.79. The van der Waals surface area contributed by atoms with Crippen LogP contribution < -0.4 is 14.8 Å². The van der Waals surface area contributed by atoms with E-state index in [4.69, 9.17) is 14.5 Å². The molecule has 2 aromatic carbocycles. The zero-order valence-corrected chi connectivity index (χ0v) is 16.3. The van der Waals surface area contributed by atoms with Crippen molar-refractivity contribution in [3.8, 4) is 11.5 Å². The van der Waals surface area contributed by atoms with Crippen molar-refractivity contribution in [1.82, 2.24) is 19.6 Å². The molecule has 2 heterocycles. The molecule has 0 radical (unpaired) electrons. The Balaban J connectivity index is 1.61. The van der Waals surface area contributed by atoms with E-state index in [0.29, 0.717) is 0 Å². The minimum atomic E-state index is 0.720. The number of methoxy groups -OCH3 is 2. The highest BCUT2D eigenvalue weighted by Crippen LogP contribution is 2.28. The highest BCUT2D eigenvalue weighted by molar-refractivity contribution is 5.92. The highest BCUT2D eigenvalue weighted by atomic mass is 16.5. The maximum atomic E-state index is 5.39. The Morgan fingerprint density at radius 3 is 2.61 bits per heavy atom. The van der Waals surface area contributed by atoms with Gasteiger partial charge in [0.1, 0.15) is 5.82 Å². The molecule has 7 nitrogen and oxygen atoms in total. The molecule has 1 N–H and O–H groups in total. The lowest BCUT2D eigenvalue weighted by molar-refractivity contribution is 0.354. The summed E-state index contributed by atoms with van der Waals surface area (Å²) in [4.78, 5) is 4.80. The van der Waals surface area contributed by atoms with Gasteiger partial charge in [-0.2, -0.15) is 0 Å². The maximum absolute atomic E-state index is 5.39. The average molecular weight is 377 g/mol. The average Bonchev–Trinajstić information content (AvgIpc) is 3.18. The van der Waals surface area contributed by atoms with Crippen LogP contribution in [0.3, 0.4) is 0 Å². The first kappa shape index (κ1) is 18.0. The van der Waals surface area contributed by atoms with Gasteiger partial charge in [0.15, 0.2) is 17.1 Å². The van der Waals surface area contributed by atoms with Gasteiger partial charge in [0.2, 0.25) is 5.95 Å². The number of ether oxygens (including phenoxy) is 2. The van der Waals surface area contributed by atoms with Crippen LogP contribution >= 0.6 is 0 Å². The minimum Gasteiger partial charge on any atom is -0.493 e. The molecule has 0 saturated heterocycles. The van der Waals surface area contributed by atoms with Gasteiger partial charge in [0, 0.05) is 18.4 Å².